The Morgan fingerprint density at radius 3 is 2.79 bits per heavy atom. The van der Waals surface area contributed by atoms with Gasteiger partial charge in [0.25, 0.3) is 0 Å². The molecule has 1 spiro atoms. The lowest BCUT2D eigenvalue weighted by molar-refractivity contribution is -0.147. The monoisotopic (exact) mass is 397 g/mol. The molecule has 146 valence electrons. The molecule has 0 radical (unpaired) electrons. The Bertz CT molecular complexity index is 937. The van der Waals surface area contributed by atoms with Gasteiger partial charge in [0.05, 0.1) is 18.9 Å². The Labute approximate surface area is 170 Å². The van der Waals surface area contributed by atoms with Crippen LogP contribution in [-0.4, -0.2) is 48.6 Å². The summed E-state index contributed by atoms with van der Waals surface area (Å²) in [4.78, 5) is 2.35. The van der Waals surface area contributed by atoms with E-state index in [4.69, 9.17) is 26.2 Å². The van der Waals surface area contributed by atoms with E-state index in [9.17, 15) is 0 Å². The van der Waals surface area contributed by atoms with Gasteiger partial charge >= 0.3 is 0 Å². The fourth-order valence-electron chi connectivity index (χ4n) is 4.53. The molecular formula is C22H24ClN3O2. The Balaban J connectivity index is 1.58. The number of ether oxygens (including phenoxy) is 2. The van der Waals surface area contributed by atoms with E-state index in [0.717, 1.165) is 65.7 Å². The molecule has 0 saturated carbocycles. The van der Waals surface area contributed by atoms with Crippen molar-refractivity contribution in [1.82, 2.24) is 9.91 Å². The van der Waals surface area contributed by atoms with Crippen LogP contribution in [0.5, 0.6) is 11.5 Å². The molecule has 28 heavy (non-hydrogen) atoms. The van der Waals surface area contributed by atoms with E-state index in [-0.39, 0.29) is 6.04 Å². The Morgan fingerprint density at radius 1 is 1.18 bits per heavy atom. The Kier molecular flexibility index (Phi) is 4.25. The number of piperidine rings is 1. The number of halogens is 1. The van der Waals surface area contributed by atoms with Crippen LogP contribution in [0.3, 0.4) is 0 Å². The molecular weight excluding hydrogens is 374 g/mol. The lowest BCUT2D eigenvalue weighted by atomic mass is 9.91. The van der Waals surface area contributed by atoms with Crippen LogP contribution in [0.4, 0.5) is 0 Å². The average Bonchev–Trinajstić information content (AvgIpc) is 3.18. The van der Waals surface area contributed by atoms with Crippen molar-refractivity contribution in [3.05, 3.63) is 58.6 Å². The maximum absolute atomic E-state index is 6.62. The lowest BCUT2D eigenvalue weighted by Gasteiger charge is -2.50. The maximum atomic E-state index is 6.62. The van der Waals surface area contributed by atoms with Crippen molar-refractivity contribution >= 4 is 17.3 Å². The van der Waals surface area contributed by atoms with Crippen LogP contribution in [0.1, 0.15) is 36.4 Å². The van der Waals surface area contributed by atoms with E-state index in [0.29, 0.717) is 0 Å². The zero-order valence-electron chi connectivity index (χ0n) is 16.2. The van der Waals surface area contributed by atoms with Crippen LogP contribution < -0.4 is 9.47 Å². The average molecular weight is 398 g/mol. The van der Waals surface area contributed by atoms with Gasteiger partial charge in [-0.25, -0.2) is 5.01 Å². The molecule has 1 fully saturated rings. The largest absolute Gasteiger partial charge is 0.497 e. The molecule has 3 heterocycles. The van der Waals surface area contributed by atoms with Crippen LogP contribution >= 0.6 is 11.6 Å². The van der Waals surface area contributed by atoms with Crippen molar-refractivity contribution < 1.29 is 9.47 Å². The molecule has 5 nitrogen and oxygen atoms in total. The van der Waals surface area contributed by atoms with E-state index in [1.165, 1.54) is 0 Å². The zero-order valence-corrected chi connectivity index (χ0v) is 16.9. The van der Waals surface area contributed by atoms with Gasteiger partial charge in [-0.3, -0.25) is 0 Å². The first-order valence-electron chi connectivity index (χ1n) is 9.76. The van der Waals surface area contributed by atoms with Crippen LogP contribution in [0.25, 0.3) is 0 Å². The van der Waals surface area contributed by atoms with Gasteiger partial charge in [0, 0.05) is 48.5 Å². The Hall–Kier alpha value is -2.24. The van der Waals surface area contributed by atoms with E-state index in [1.807, 2.05) is 30.3 Å². The van der Waals surface area contributed by atoms with Gasteiger partial charge in [-0.1, -0.05) is 23.7 Å². The summed E-state index contributed by atoms with van der Waals surface area (Å²) in [5.41, 5.74) is 2.90. The van der Waals surface area contributed by atoms with Gasteiger partial charge in [-0.2, -0.15) is 5.10 Å². The van der Waals surface area contributed by atoms with Crippen molar-refractivity contribution in [3.8, 4) is 11.5 Å². The van der Waals surface area contributed by atoms with E-state index >= 15 is 0 Å². The molecule has 1 atom stereocenters. The maximum Gasteiger partial charge on any atom is 0.200 e. The van der Waals surface area contributed by atoms with Gasteiger partial charge < -0.3 is 14.4 Å². The molecule has 0 bridgehead atoms. The quantitative estimate of drug-likeness (QED) is 0.756. The normalized spacial score (nSPS) is 23.0. The second kappa shape index (κ2) is 6.68. The molecule has 2 aromatic carbocycles. The van der Waals surface area contributed by atoms with E-state index in [2.05, 4.69) is 29.1 Å². The minimum absolute atomic E-state index is 0.145. The number of methoxy groups -OCH3 is 1. The summed E-state index contributed by atoms with van der Waals surface area (Å²) in [6.07, 6.45) is 2.69. The molecule has 3 aliphatic heterocycles. The first-order chi connectivity index (χ1) is 13.6. The highest BCUT2D eigenvalue weighted by atomic mass is 35.5. The lowest BCUT2D eigenvalue weighted by Crippen LogP contribution is -2.58. The topological polar surface area (TPSA) is 37.3 Å². The minimum Gasteiger partial charge on any atom is -0.497 e. The second-order valence-corrected chi connectivity index (χ2v) is 8.31. The highest BCUT2D eigenvalue weighted by molar-refractivity contribution is 6.30. The summed E-state index contributed by atoms with van der Waals surface area (Å²) < 4.78 is 12.0. The molecule has 0 N–H and O–H groups in total. The molecule has 3 aliphatic rings. The number of hydrogen-bond donors (Lipinski definition) is 0. The minimum atomic E-state index is -0.390. The molecule has 1 saturated heterocycles. The predicted molar refractivity (Wildman–Crippen MR) is 110 cm³/mol. The third-order valence-electron chi connectivity index (χ3n) is 6.13. The SMILES string of the molecule is COc1cccc(C2=NN3C(C2)c2cc(Cl)ccc2OC32CCN(C)CC2)c1. The Morgan fingerprint density at radius 2 is 2.00 bits per heavy atom. The first kappa shape index (κ1) is 17.8. The third-order valence-corrected chi connectivity index (χ3v) is 6.37. The molecule has 0 aromatic heterocycles. The number of nitrogens with zero attached hydrogens (tertiary/aromatic N) is 3. The molecule has 2 aromatic rings. The predicted octanol–water partition coefficient (Wildman–Crippen LogP) is 4.31. The number of fused-ring (bicyclic) bond motifs is 4. The standard InChI is InChI=1S/C22H24ClN3O2/c1-25-10-8-22(9-11-25)26-20(18-13-16(23)6-7-21(18)28-22)14-19(24-26)15-4-3-5-17(12-15)27-2/h3-7,12-13,20H,8-11,14H2,1-2H3. The highest BCUT2D eigenvalue weighted by Gasteiger charge is 2.51. The molecule has 6 heteroatoms. The van der Waals surface area contributed by atoms with Crippen molar-refractivity contribution in [3.63, 3.8) is 0 Å². The zero-order chi connectivity index (χ0) is 19.3. The van der Waals surface area contributed by atoms with Gasteiger partial charge in [0.1, 0.15) is 11.5 Å². The summed E-state index contributed by atoms with van der Waals surface area (Å²) in [7, 11) is 3.86. The van der Waals surface area contributed by atoms with Gasteiger partial charge in [0.15, 0.2) is 0 Å². The van der Waals surface area contributed by atoms with Crippen LogP contribution in [0.2, 0.25) is 5.02 Å². The van der Waals surface area contributed by atoms with Gasteiger partial charge in [-0.05, 0) is 37.4 Å². The first-order valence-corrected chi connectivity index (χ1v) is 10.1. The summed E-state index contributed by atoms with van der Waals surface area (Å²) in [6, 6.07) is 14.2. The molecule has 5 rings (SSSR count). The summed E-state index contributed by atoms with van der Waals surface area (Å²) >= 11 is 6.32. The van der Waals surface area contributed by atoms with E-state index < -0.39 is 5.72 Å². The molecule has 0 amide bonds. The summed E-state index contributed by atoms with van der Waals surface area (Å²) in [6.45, 7) is 1.99. The van der Waals surface area contributed by atoms with E-state index in [1.54, 1.807) is 7.11 Å². The summed E-state index contributed by atoms with van der Waals surface area (Å²) in [5.74, 6) is 1.79. The number of benzene rings is 2. The second-order valence-electron chi connectivity index (χ2n) is 7.88. The van der Waals surface area contributed by atoms with Gasteiger partial charge in [-0.15, -0.1) is 0 Å². The van der Waals surface area contributed by atoms with Gasteiger partial charge in [0.2, 0.25) is 5.72 Å². The molecule has 0 aliphatic carbocycles. The fourth-order valence-corrected chi connectivity index (χ4v) is 4.71. The smallest absolute Gasteiger partial charge is 0.200 e. The van der Waals surface area contributed by atoms with Crippen molar-refractivity contribution in [2.45, 2.75) is 31.0 Å². The number of hydrogen-bond acceptors (Lipinski definition) is 5. The number of likely N-dealkylation sites (tertiary alicyclic amines) is 1. The van der Waals surface area contributed by atoms with Crippen molar-refractivity contribution in [1.29, 1.82) is 0 Å². The fraction of sp³-hybridized carbons (Fsp3) is 0.409. The number of rotatable bonds is 2. The number of hydrazone groups is 1. The van der Waals surface area contributed by atoms with Crippen LogP contribution in [-0.2, 0) is 0 Å². The van der Waals surface area contributed by atoms with Crippen molar-refractivity contribution in [2.24, 2.45) is 5.10 Å². The summed E-state index contributed by atoms with van der Waals surface area (Å²) in [5, 5.41) is 8.04. The third kappa shape index (κ3) is 2.85. The molecule has 1 unspecified atom stereocenters. The van der Waals surface area contributed by atoms with Crippen LogP contribution in [0.15, 0.2) is 47.6 Å². The van der Waals surface area contributed by atoms with Crippen LogP contribution in [0, 0.1) is 0 Å². The van der Waals surface area contributed by atoms with Crippen molar-refractivity contribution in [2.75, 3.05) is 27.2 Å². The highest BCUT2D eigenvalue weighted by Crippen LogP contribution is 2.50.